The third kappa shape index (κ3) is 6.13. The van der Waals surface area contributed by atoms with Crippen LogP contribution in [0.25, 0.3) is 0 Å². The topological polar surface area (TPSA) is 48.9 Å². The zero-order valence-electron chi connectivity index (χ0n) is 14.4. The summed E-state index contributed by atoms with van der Waals surface area (Å²) in [4.78, 5) is 7.28. The lowest BCUT2D eigenvalue weighted by Gasteiger charge is -2.33. The molecule has 2 atom stereocenters. The first-order valence-corrected chi connectivity index (χ1v) is 9.17. The highest BCUT2D eigenvalue weighted by Crippen LogP contribution is 2.16. The van der Waals surface area contributed by atoms with Crippen molar-refractivity contribution < 1.29 is 4.74 Å². The molecule has 0 aromatic carbocycles. The highest BCUT2D eigenvalue weighted by Gasteiger charge is 2.17. The Bertz CT molecular complexity index is 329. The number of nitrogens with zero attached hydrogens (tertiary/aromatic N) is 2. The molecule has 0 aromatic rings. The fourth-order valence-electron chi connectivity index (χ4n) is 3.30. The van der Waals surface area contributed by atoms with Crippen LogP contribution in [0.15, 0.2) is 4.99 Å². The lowest BCUT2D eigenvalue weighted by Crippen LogP contribution is -2.41. The van der Waals surface area contributed by atoms with Gasteiger partial charge in [0.2, 0.25) is 0 Å². The van der Waals surface area contributed by atoms with Crippen molar-refractivity contribution in [3.05, 3.63) is 0 Å². The van der Waals surface area contributed by atoms with Crippen LogP contribution in [0.3, 0.4) is 0 Å². The fourth-order valence-corrected chi connectivity index (χ4v) is 3.30. The van der Waals surface area contributed by atoms with Gasteiger partial charge in [-0.05, 0) is 52.5 Å². The van der Waals surface area contributed by atoms with Crippen molar-refractivity contribution in [2.75, 3.05) is 39.3 Å². The SMILES string of the molecule is CCNC(=NCC1CCCO1)NCCCN1CCCCC1C. The molecule has 0 spiro atoms. The number of rotatable bonds is 7. The molecule has 2 heterocycles. The van der Waals surface area contributed by atoms with Crippen molar-refractivity contribution in [3.8, 4) is 0 Å². The Hall–Kier alpha value is -0.810. The quantitative estimate of drug-likeness (QED) is 0.429. The van der Waals surface area contributed by atoms with Gasteiger partial charge in [0.25, 0.3) is 0 Å². The van der Waals surface area contributed by atoms with Crippen molar-refractivity contribution in [1.82, 2.24) is 15.5 Å². The number of aliphatic imine (C=N–C) groups is 1. The van der Waals surface area contributed by atoms with E-state index < -0.39 is 0 Å². The third-order valence-electron chi connectivity index (χ3n) is 4.68. The van der Waals surface area contributed by atoms with Gasteiger partial charge in [0, 0.05) is 32.3 Å². The lowest BCUT2D eigenvalue weighted by atomic mass is 10.0. The Labute approximate surface area is 135 Å². The second-order valence-corrected chi connectivity index (χ2v) is 6.52. The Morgan fingerprint density at radius 1 is 1.23 bits per heavy atom. The first kappa shape index (κ1) is 17.5. The second kappa shape index (κ2) is 10.1. The van der Waals surface area contributed by atoms with Crippen molar-refractivity contribution in [2.24, 2.45) is 4.99 Å². The van der Waals surface area contributed by atoms with Gasteiger partial charge in [-0.2, -0.15) is 0 Å². The van der Waals surface area contributed by atoms with Crippen molar-refractivity contribution >= 4 is 5.96 Å². The van der Waals surface area contributed by atoms with Gasteiger partial charge in [-0.15, -0.1) is 0 Å². The lowest BCUT2D eigenvalue weighted by molar-refractivity contribution is 0.117. The van der Waals surface area contributed by atoms with Gasteiger partial charge in [-0.3, -0.25) is 4.99 Å². The summed E-state index contributed by atoms with van der Waals surface area (Å²) >= 11 is 0. The van der Waals surface area contributed by atoms with E-state index in [1.165, 1.54) is 45.2 Å². The van der Waals surface area contributed by atoms with Gasteiger partial charge >= 0.3 is 0 Å². The maximum absolute atomic E-state index is 5.63. The van der Waals surface area contributed by atoms with Gasteiger partial charge in [0.1, 0.15) is 0 Å². The molecule has 2 aliphatic heterocycles. The first-order valence-electron chi connectivity index (χ1n) is 9.17. The van der Waals surface area contributed by atoms with Crippen molar-refractivity contribution in [3.63, 3.8) is 0 Å². The minimum Gasteiger partial charge on any atom is -0.376 e. The van der Waals surface area contributed by atoms with Gasteiger partial charge in [-0.1, -0.05) is 6.42 Å². The highest BCUT2D eigenvalue weighted by atomic mass is 16.5. The molecule has 5 heteroatoms. The van der Waals surface area contributed by atoms with E-state index in [1.54, 1.807) is 0 Å². The molecule has 2 rings (SSSR count). The Kier molecular flexibility index (Phi) is 8.02. The summed E-state index contributed by atoms with van der Waals surface area (Å²) in [6, 6.07) is 0.759. The minimum absolute atomic E-state index is 0.324. The summed E-state index contributed by atoms with van der Waals surface area (Å²) in [7, 11) is 0. The average Bonchev–Trinajstić information content (AvgIpc) is 3.04. The van der Waals surface area contributed by atoms with Gasteiger partial charge in [0.05, 0.1) is 12.6 Å². The van der Waals surface area contributed by atoms with Gasteiger partial charge in [-0.25, -0.2) is 0 Å². The number of nitrogens with one attached hydrogen (secondary N) is 2. The zero-order valence-corrected chi connectivity index (χ0v) is 14.4. The van der Waals surface area contributed by atoms with E-state index in [4.69, 9.17) is 4.74 Å². The molecule has 0 aliphatic carbocycles. The van der Waals surface area contributed by atoms with Crippen LogP contribution in [0.1, 0.15) is 52.4 Å². The van der Waals surface area contributed by atoms with E-state index in [-0.39, 0.29) is 0 Å². The smallest absolute Gasteiger partial charge is 0.191 e. The molecular weight excluding hydrogens is 276 g/mol. The first-order chi connectivity index (χ1) is 10.8. The van der Waals surface area contributed by atoms with Crippen LogP contribution >= 0.6 is 0 Å². The maximum atomic E-state index is 5.63. The third-order valence-corrected chi connectivity index (χ3v) is 4.68. The van der Waals surface area contributed by atoms with Gasteiger partial charge < -0.3 is 20.3 Å². The number of ether oxygens (including phenoxy) is 1. The van der Waals surface area contributed by atoms with Crippen LogP contribution in [0.4, 0.5) is 0 Å². The van der Waals surface area contributed by atoms with Crippen molar-refractivity contribution in [2.45, 2.75) is 64.5 Å². The zero-order chi connectivity index (χ0) is 15.6. The fraction of sp³-hybridized carbons (Fsp3) is 0.941. The Morgan fingerprint density at radius 3 is 2.86 bits per heavy atom. The highest BCUT2D eigenvalue weighted by molar-refractivity contribution is 5.79. The molecule has 2 aliphatic rings. The summed E-state index contributed by atoms with van der Waals surface area (Å²) in [5.74, 6) is 0.935. The molecular formula is C17H34N4O. The molecule has 128 valence electrons. The largest absolute Gasteiger partial charge is 0.376 e. The van der Waals surface area contributed by atoms with Crippen LogP contribution in [-0.2, 0) is 4.74 Å². The van der Waals surface area contributed by atoms with E-state index >= 15 is 0 Å². The predicted molar refractivity (Wildman–Crippen MR) is 92.5 cm³/mol. The van der Waals surface area contributed by atoms with Crippen LogP contribution in [0.5, 0.6) is 0 Å². The second-order valence-electron chi connectivity index (χ2n) is 6.52. The number of hydrogen-bond acceptors (Lipinski definition) is 3. The van der Waals surface area contributed by atoms with E-state index in [9.17, 15) is 0 Å². The molecule has 2 N–H and O–H groups in total. The molecule has 2 saturated heterocycles. The van der Waals surface area contributed by atoms with Crippen LogP contribution in [-0.4, -0.2) is 62.3 Å². The summed E-state index contributed by atoms with van der Waals surface area (Å²) in [6.45, 7) is 10.5. The standard InChI is InChI=1S/C17H34N4O/c1-3-18-17(20-14-16-9-6-13-22-16)19-10-7-12-21-11-5-4-8-15(21)2/h15-16H,3-14H2,1-2H3,(H2,18,19,20). The monoisotopic (exact) mass is 310 g/mol. The van der Waals surface area contributed by atoms with Crippen molar-refractivity contribution in [1.29, 1.82) is 0 Å². The van der Waals surface area contributed by atoms with E-state index in [0.717, 1.165) is 44.7 Å². The molecule has 2 unspecified atom stereocenters. The average molecular weight is 310 g/mol. The molecule has 0 aromatic heterocycles. The normalized spacial score (nSPS) is 27.1. The molecule has 22 heavy (non-hydrogen) atoms. The Balaban J connectivity index is 1.63. The van der Waals surface area contributed by atoms with E-state index in [0.29, 0.717) is 6.10 Å². The molecule has 0 amide bonds. The summed E-state index contributed by atoms with van der Waals surface area (Å²) < 4.78 is 5.63. The number of likely N-dealkylation sites (tertiary alicyclic amines) is 1. The molecule has 0 bridgehead atoms. The van der Waals surface area contributed by atoms with Gasteiger partial charge in [0.15, 0.2) is 5.96 Å². The van der Waals surface area contributed by atoms with Crippen LogP contribution in [0.2, 0.25) is 0 Å². The summed E-state index contributed by atoms with van der Waals surface area (Å²) in [6.07, 6.45) is 7.95. The molecule has 2 fully saturated rings. The van der Waals surface area contributed by atoms with E-state index in [1.807, 2.05) is 0 Å². The predicted octanol–water partition coefficient (Wildman–Crippen LogP) is 1.99. The minimum atomic E-state index is 0.324. The summed E-state index contributed by atoms with van der Waals surface area (Å²) in [5.41, 5.74) is 0. The number of piperidine rings is 1. The van der Waals surface area contributed by atoms with E-state index in [2.05, 4.69) is 34.4 Å². The van der Waals surface area contributed by atoms with Crippen LogP contribution in [0, 0.1) is 0 Å². The Morgan fingerprint density at radius 2 is 2.14 bits per heavy atom. The number of hydrogen-bond donors (Lipinski definition) is 2. The summed E-state index contributed by atoms with van der Waals surface area (Å²) in [5, 5.41) is 6.78. The molecule has 0 radical (unpaired) electrons. The molecule has 5 nitrogen and oxygen atoms in total. The molecule has 0 saturated carbocycles. The van der Waals surface area contributed by atoms with Crippen LogP contribution < -0.4 is 10.6 Å². The maximum Gasteiger partial charge on any atom is 0.191 e. The number of guanidine groups is 1.